The van der Waals surface area contributed by atoms with Crippen molar-refractivity contribution in [2.45, 2.75) is 50.6 Å². The SMILES string of the molecule is CCCNC(C)C(C)Sc1nc2ccc(C)cc2[nH]1. The van der Waals surface area contributed by atoms with Gasteiger partial charge in [-0.25, -0.2) is 4.98 Å². The van der Waals surface area contributed by atoms with Crippen molar-refractivity contribution in [3.63, 3.8) is 0 Å². The van der Waals surface area contributed by atoms with E-state index in [1.807, 2.05) is 0 Å². The second-order valence-electron chi connectivity index (χ2n) is 5.13. The highest BCUT2D eigenvalue weighted by Crippen LogP contribution is 2.25. The van der Waals surface area contributed by atoms with Gasteiger partial charge in [0, 0.05) is 11.3 Å². The molecule has 0 aliphatic heterocycles. The minimum atomic E-state index is 0.486. The largest absolute Gasteiger partial charge is 0.333 e. The fraction of sp³-hybridized carbons (Fsp3) is 0.533. The lowest BCUT2D eigenvalue weighted by Crippen LogP contribution is -2.34. The van der Waals surface area contributed by atoms with E-state index < -0.39 is 0 Å². The van der Waals surface area contributed by atoms with Gasteiger partial charge in [0.05, 0.1) is 11.0 Å². The number of hydrogen-bond acceptors (Lipinski definition) is 3. The molecule has 0 saturated heterocycles. The molecule has 19 heavy (non-hydrogen) atoms. The number of benzene rings is 1. The summed E-state index contributed by atoms with van der Waals surface area (Å²) in [7, 11) is 0. The summed E-state index contributed by atoms with van der Waals surface area (Å²) in [6, 6.07) is 6.82. The molecule has 0 saturated carbocycles. The maximum Gasteiger partial charge on any atom is 0.166 e. The Bertz CT molecular complexity index is 535. The van der Waals surface area contributed by atoms with Crippen molar-refractivity contribution in [3.8, 4) is 0 Å². The minimum Gasteiger partial charge on any atom is -0.333 e. The van der Waals surface area contributed by atoms with Crippen LogP contribution in [0.25, 0.3) is 11.0 Å². The van der Waals surface area contributed by atoms with Crippen molar-refractivity contribution < 1.29 is 0 Å². The summed E-state index contributed by atoms with van der Waals surface area (Å²) >= 11 is 1.80. The van der Waals surface area contributed by atoms with Gasteiger partial charge in [0.1, 0.15) is 0 Å². The Morgan fingerprint density at radius 2 is 2.16 bits per heavy atom. The summed E-state index contributed by atoms with van der Waals surface area (Å²) < 4.78 is 0. The highest BCUT2D eigenvalue weighted by atomic mass is 32.2. The number of thioether (sulfide) groups is 1. The van der Waals surface area contributed by atoms with Gasteiger partial charge in [-0.1, -0.05) is 31.7 Å². The third kappa shape index (κ3) is 3.74. The van der Waals surface area contributed by atoms with Crippen LogP contribution in [0.5, 0.6) is 0 Å². The summed E-state index contributed by atoms with van der Waals surface area (Å²) in [6.07, 6.45) is 1.17. The average molecular weight is 277 g/mol. The fourth-order valence-electron chi connectivity index (χ4n) is 1.97. The van der Waals surface area contributed by atoms with E-state index in [0.717, 1.165) is 22.7 Å². The third-order valence-electron chi connectivity index (χ3n) is 3.33. The number of nitrogens with one attached hydrogen (secondary N) is 2. The highest BCUT2D eigenvalue weighted by Gasteiger charge is 2.14. The van der Waals surface area contributed by atoms with Gasteiger partial charge >= 0.3 is 0 Å². The molecule has 0 amide bonds. The quantitative estimate of drug-likeness (QED) is 0.790. The molecule has 1 heterocycles. The predicted octanol–water partition coefficient (Wildman–Crippen LogP) is 3.74. The fourth-order valence-corrected chi connectivity index (χ4v) is 2.94. The van der Waals surface area contributed by atoms with Crippen molar-refractivity contribution in [1.29, 1.82) is 0 Å². The average Bonchev–Trinajstić information content (AvgIpc) is 2.77. The molecule has 0 aliphatic carbocycles. The molecule has 3 nitrogen and oxygen atoms in total. The van der Waals surface area contributed by atoms with E-state index in [4.69, 9.17) is 0 Å². The van der Waals surface area contributed by atoms with Crippen molar-refractivity contribution >= 4 is 22.8 Å². The number of hydrogen-bond donors (Lipinski definition) is 2. The Hall–Kier alpha value is -1.00. The second-order valence-corrected chi connectivity index (χ2v) is 6.49. The topological polar surface area (TPSA) is 40.7 Å². The minimum absolute atomic E-state index is 0.486. The molecule has 2 atom stereocenters. The number of nitrogens with zero attached hydrogens (tertiary/aromatic N) is 1. The van der Waals surface area contributed by atoms with Gasteiger partial charge in [-0.2, -0.15) is 0 Å². The van der Waals surface area contributed by atoms with Crippen molar-refractivity contribution in [2.24, 2.45) is 0 Å². The Balaban J connectivity index is 2.04. The van der Waals surface area contributed by atoms with Crippen LogP contribution in [-0.4, -0.2) is 27.8 Å². The molecule has 2 unspecified atom stereocenters. The molecule has 0 spiro atoms. The maximum atomic E-state index is 4.64. The number of fused-ring (bicyclic) bond motifs is 1. The van der Waals surface area contributed by atoms with Crippen LogP contribution >= 0.6 is 11.8 Å². The summed E-state index contributed by atoms with van der Waals surface area (Å²) in [6.45, 7) is 9.85. The monoisotopic (exact) mass is 277 g/mol. The molecule has 0 bridgehead atoms. The van der Waals surface area contributed by atoms with Crippen LogP contribution in [0, 0.1) is 6.92 Å². The zero-order valence-electron chi connectivity index (χ0n) is 12.2. The normalized spacial score (nSPS) is 14.7. The van der Waals surface area contributed by atoms with Gasteiger partial charge in [0.25, 0.3) is 0 Å². The van der Waals surface area contributed by atoms with E-state index in [-0.39, 0.29) is 0 Å². The first-order valence-electron chi connectivity index (χ1n) is 6.96. The van der Waals surface area contributed by atoms with Crippen molar-refractivity contribution in [3.05, 3.63) is 23.8 Å². The second kappa shape index (κ2) is 6.44. The van der Waals surface area contributed by atoms with E-state index in [1.165, 1.54) is 12.0 Å². The van der Waals surface area contributed by atoms with Crippen LogP contribution in [0.4, 0.5) is 0 Å². The lowest BCUT2D eigenvalue weighted by atomic mass is 10.2. The highest BCUT2D eigenvalue weighted by molar-refractivity contribution is 7.99. The van der Waals surface area contributed by atoms with Gasteiger partial charge in [0.2, 0.25) is 0 Å². The van der Waals surface area contributed by atoms with E-state index in [1.54, 1.807) is 11.8 Å². The van der Waals surface area contributed by atoms with Crippen LogP contribution in [0.2, 0.25) is 0 Å². The Labute approximate surface area is 119 Å². The smallest absolute Gasteiger partial charge is 0.166 e. The van der Waals surface area contributed by atoms with E-state index in [9.17, 15) is 0 Å². The number of H-pyrrole nitrogens is 1. The summed E-state index contributed by atoms with van der Waals surface area (Å²) in [5.74, 6) is 0. The van der Waals surface area contributed by atoms with Crippen LogP contribution in [0.1, 0.15) is 32.8 Å². The molecule has 1 aromatic heterocycles. The predicted molar refractivity (Wildman–Crippen MR) is 83.9 cm³/mol. The van der Waals surface area contributed by atoms with Crippen molar-refractivity contribution in [2.75, 3.05) is 6.54 Å². The maximum absolute atomic E-state index is 4.64. The van der Waals surface area contributed by atoms with Crippen molar-refractivity contribution in [1.82, 2.24) is 15.3 Å². The summed E-state index contributed by atoms with van der Waals surface area (Å²) in [4.78, 5) is 8.04. The van der Waals surface area contributed by atoms with E-state index in [2.05, 4.69) is 61.2 Å². The van der Waals surface area contributed by atoms with Crippen LogP contribution in [-0.2, 0) is 0 Å². The molecule has 0 aliphatic rings. The number of rotatable bonds is 6. The number of aromatic nitrogens is 2. The first-order valence-corrected chi connectivity index (χ1v) is 7.84. The molecular formula is C15H23N3S. The lowest BCUT2D eigenvalue weighted by molar-refractivity contribution is 0.541. The molecule has 0 fully saturated rings. The van der Waals surface area contributed by atoms with Gasteiger partial charge in [-0.3, -0.25) is 0 Å². The van der Waals surface area contributed by atoms with Gasteiger partial charge in [-0.15, -0.1) is 0 Å². The Morgan fingerprint density at radius 3 is 2.89 bits per heavy atom. The number of aryl methyl sites for hydroxylation is 1. The first kappa shape index (κ1) is 14.4. The first-order chi connectivity index (χ1) is 9.10. The molecule has 1 aromatic carbocycles. The third-order valence-corrected chi connectivity index (χ3v) is 4.53. The molecule has 104 valence electrons. The number of aromatic amines is 1. The lowest BCUT2D eigenvalue weighted by Gasteiger charge is -2.19. The number of imidazole rings is 1. The van der Waals surface area contributed by atoms with Crippen LogP contribution in [0.15, 0.2) is 23.4 Å². The van der Waals surface area contributed by atoms with E-state index in [0.29, 0.717) is 11.3 Å². The van der Waals surface area contributed by atoms with Crippen LogP contribution in [0.3, 0.4) is 0 Å². The van der Waals surface area contributed by atoms with Gasteiger partial charge in [0.15, 0.2) is 5.16 Å². The standard InChI is InChI=1S/C15H23N3S/c1-5-8-16-11(3)12(4)19-15-17-13-7-6-10(2)9-14(13)18-15/h6-7,9,11-12,16H,5,8H2,1-4H3,(H,17,18). The summed E-state index contributed by atoms with van der Waals surface area (Å²) in [5, 5.41) is 5.04. The summed E-state index contributed by atoms with van der Waals surface area (Å²) in [5.41, 5.74) is 3.44. The van der Waals surface area contributed by atoms with Gasteiger partial charge < -0.3 is 10.3 Å². The van der Waals surface area contributed by atoms with E-state index >= 15 is 0 Å². The Morgan fingerprint density at radius 1 is 1.37 bits per heavy atom. The van der Waals surface area contributed by atoms with Crippen LogP contribution < -0.4 is 5.32 Å². The molecular weight excluding hydrogens is 254 g/mol. The van der Waals surface area contributed by atoms with Gasteiger partial charge in [-0.05, 0) is 44.5 Å². The zero-order chi connectivity index (χ0) is 13.8. The molecule has 2 aromatic rings. The zero-order valence-corrected chi connectivity index (χ0v) is 13.0. The Kier molecular flexibility index (Phi) is 4.88. The molecule has 4 heteroatoms. The molecule has 2 N–H and O–H groups in total. The molecule has 2 rings (SSSR count). The molecule has 0 radical (unpaired) electrons.